The molecule has 5 aliphatic rings. The minimum atomic E-state index is -1.73. The number of ether oxygens (including phenoxy) is 10. The molecule has 53 heavy (non-hydrogen) atoms. The maximum atomic E-state index is 13.2. The number of fused-ring (bicyclic) bond motifs is 3. The first-order valence-corrected chi connectivity index (χ1v) is 17.1. The zero-order chi connectivity index (χ0) is 38.2. The fraction of sp³-hybridized carbons (Fsp3) is 0.629. The summed E-state index contributed by atoms with van der Waals surface area (Å²) >= 11 is 0. The Bertz CT molecular complexity index is 1530. The zero-order valence-electron chi connectivity index (χ0n) is 29.2. The average molecular weight is 753 g/mol. The van der Waals surface area contributed by atoms with E-state index in [0.717, 1.165) is 19.9 Å². The van der Waals surface area contributed by atoms with Crippen molar-refractivity contribution in [3.05, 3.63) is 48.2 Å². The van der Waals surface area contributed by atoms with E-state index in [4.69, 9.17) is 47.4 Å². The summed E-state index contributed by atoms with van der Waals surface area (Å²) in [5, 5.41) is 51.3. The van der Waals surface area contributed by atoms with Gasteiger partial charge < -0.3 is 72.9 Å². The number of aliphatic hydroxyl groups is 5. The summed E-state index contributed by atoms with van der Waals surface area (Å²) in [6.45, 7) is 2.66. The van der Waals surface area contributed by atoms with Crippen LogP contribution < -0.4 is 4.74 Å². The quantitative estimate of drug-likeness (QED) is 0.0719. The summed E-state index contributed by atoms with van der Waals surface area (Å²) in [7, 11) is 1.53. The van der Waals surface area contributed by atoms with Gasteiger partial charge in [0.1, 0.15) is 41.9 Å². The number of carbonyl (C=O) groups excluding carboxylic acids is 3. The second-order valence-corrected chi connectivity index (χ2v) is 13.4. The lowest BCUT2D eigenvalue weighted by Crippen LogP contribution is -2.62. The van der Waals surface area contributed by atoms with Crippen LogP contribution in [0.5, 0.6) is 5.75 Å². The predicted octanol–water partition coefficient (Wildman–Crippen LogP) is -1.32. The number of hydrogen-bond donors (Lipinski definition) is 5. The van der Waals surface area contributed by atoms with Crippen LogP contribution in [0.3, 0.4) is 0 Å². The highest BCUT2D eigenvalue weighted by Crippen LogP contribution is 2.61. The lowest BCUT2D eigenvalue weighted by Gasteiger charge is -2.45. The Hall–Kier alpha value is -3.69. The van der Waals surface area contributed by atoms with Gasteiger partial charge in [-0.3, -0.25) is 9.59 Å². The molecule has 4 aliphatic heterocycles. The second-order valence-electron chi connectivity index (χ2n) is 13.4. The first kappa shape index (κ1) is 39.0. The van der Waals surface area contributed by atoms with E-state index < -0.39 is 128 Å². The van der Waals surface area contributed by atoms with Crippen molar-refractivity contribution in [2.45, 2.75) is 106 Å². The molecular formula is C35H44O18. The number of epoxide rings is 1. The SMILES string of the molecule is COc1ccc(/C=C/C(=O)O[C@@H]2[C@@H](OC(C)=O)[C@H](C)O[C@@H](O[C@H]3[C@@H]4C=CO[C@@H](O[C@@H]5O[C@H](CO)[C@@H](O)[C@H](O)[C@H]5O)[C@@H]4[C@@]4(CO)O[C@@H]34)[C@@H]2OC(C)=O)cc1. The van der Waals surface area contributed by atoms with Gasteiger partial charge in [0.25, 0.3) is 0 Å². The zero-order valence-corrected chi connectivity index (χ0v) is 29.2. The van der Waals surface area contributed by atoms with Crippen molar-refractivity contribution in [3.63, 3.8) is 0 Å². The van der Waals surface area contributed by atoms with Crippen molar-refractivity contribution < 1.29 is 87.3 Å². The molecule has 1 aliphatic carbocycles. The summed E-state index contributed by atoms with van der Waals surface area (Å²) < 4.78 is 57.9. The van der Waals surface area contributed by atoms with E-state index in [-0.39, 0.29) is 0 Å². The van der Waals surface area contributed by atoms with E-state index >= 15 is 0 Å². The topological polar surface area (TPSA) is 248 Å². The summed E-state index contributed by atoms with van der Waals surface area (Å²) in [4.78, 5) is 37.8. The molecule has 0 radical (unpaired) electrons. The molecule has 4 fully saturated rings. The minimum absolute atomic E-state index is 0.519. The molecule has 1 aromatic rings. The number of aliphatic hydroxyl groups excluding tert-OH is 5. The first-order chi connectivity index (χ1) is 25.3. The molecule has 4 heterocycles. The normalized spacial score (nSPS) is 41.5. The predicted molar refractivity (Wildman–Crippen MR) is 173 cm³/mol. The number of hydrogen-bond acceptors (Lipinski definition) is 18. The van der Waals surface area contributed by atoms with Crippen LogP contribution in [0, 0.1) is 11.8 Å². The van der Waals surface area contributed by atoms with Crippen LogP contribution in [-0.4, -0.2) is 149 Å². The molecule has 1 saturated carbocycles. The van der Waals surface area contributed by atoms with Gasteiger partial charge >= 0.3 is 17.9 Å². The highest BCUT2D eigenvalue weighted by molar-refractivity contribution is 5.87. The monoisotopic (exact) mass is 752 g/mol. The van der Waals surface area contributed by atoms with E-state index in [2.05, 4.69) is 0 Å². The summed E-state index contributed by atoms with van der Waals surface area (Å²) in [5.41, 5.74) is -0.627. The van der Waals surface area contributed by atoms with Crippen LogP contribution in [0.2, 0.25) is 0 Å². The Morgan fingerprint density at radius 1 is 0.830 bits per heavy atom. The highest BCUT2D eigenvalue weighted by atomic mass is 16.8. The van der Waals surface area contributed by atoms with Crippen LogP contribution >= 0.6 is 0 Å². The number of methoxy groups -OCH3 is 1. The third kappa shape index (κ3) is 7.79. The van der Waals surface area contributed by atoms with Crippen LogP contribution in [0.1, 0.15) is 26.3 Å². The van der Waals surface area contributed by atoms with E-state index in [1.165, 1.54) is 19.4 Å². The third-order valence-electron chi connectivity index (χ3n) is 10.0. The van der Waals surface area contributed by atoms with Crippen LogP contribution in [-0.2, 0) is 57.0 Å². The Morgan fingerprint density at radius 2 is 1.53 bits per heavy atom. The van der Waals surface area contributed by atoms with Crippen LogP contribution in [0.25, 0.3) is 6.08 Å². The lowest BCUT2D eigenvalue weighted by atomic mass is 9.85. The van der Waals surface area contributed by atoms with Crippen molar-refractivity contribution >= 4 is 24.0 Å². The molecule has 0 amide bonds. The van der Waals surface area contributed by atoms with Gasteiger partial charge in [-0.2, -0.15) is 0 Å². The molecule has 292 valence electrons. The Labute approximate surface area is 303 Å². The molecule has 16 atom stereocenters. The number of esters is 3. The van der Waals surface area contributed by atoms with Gasteiger partial charge in [-0.05, 0) is 36.8 Å². The summed E-state index contributed by atoms with van der Waals surface area (Å²) in [5.74, 6) is -3.15. The van der Waals surface area contributed by atoms with Gasteiger partial charge in [0.15, 0.2) is 30.9 Å². The third-order valence-corrected chi connectivity index (χ3v) is 10.0. The van der Waals surface area contributed by atoms with E-state index in [1.807, 2.05) is 0 Å². The molecule has 18 nitrogen and oxygen atoms in total. The van der Waals surface area contributed by atoms with Gasteiger partial charge in [0, 0.05) is 25.8 Å². The molecule has 18 heteroatoms. The fourth-order valence-electron chi connectivity index (χ4n) is 7.41. The molecule has 0 spiro atoms. The van der Waals surface area contributed by atoms with Crippen molar-refractivity contribution in [2.24, 2.45) is 11.8 Å². The second kappa shape index (κ2) is 16.0. The molecule has 5 N–H and O–H groups in total. The Morgan fingerprint density at radius 3 is 2.17 bits per heavy atom. The average Bonchev–Trinajstić information content (AvgIpc) is 3.81. The summed E-state index contributed by atoms with van der Waals surface area (Å²) in [6.07, 6.45) is -11.7. The maximum absolute atomic E-state index is 13.2. The molecule has 0 unspecified atom stereocenters. The number of carbonyl (C=O) groups is 3. The largest absolute Gasteiger partial charge is 0.497 e. The number of rotatable bonds is 12. The highest BCUT2D eigenvalue weighted by Gasteiger charge is 2.77. The number of benzene rings is 1. The molecule has 0 aromatic heterocycles. The standard InChI is InChI=1S/C35H44O18/c1-15-27(47-16(2)38)29(50-22(40)10-7-18-5-8-19(44-4)9-6-18)30(48-17(3)39)34(46-15)51-28-20-11-12-45-32(23(20)35(14-37)31(28)53-35)52-33-26(43)25(42)24(41)21(13-36)49-33/h5-12,15,20-21,23-34,36-37,41-43H,13-14H2,1-4H3/b10-7+/t15-,20+,21+,23+,24+,25-,26+,27-,28-,29+,30+,31-,32-,33-,34-,35+/m0/s1. The summed E-state index contributed by atoms with van der Waals surface area (Å²) in [6, 6.07) is 6.86. The van der Waals surface area contributed by atoms with Crippen LogP contribution in [0.15, 0.2) is 42.7 Å². The van der Waals surface area contributed by atoms with E-state index in [1.54, 1.807) is 37.3 Å². The van der Waals surface area contributed by atoms with Crippen molar-refractivity contribution in [1.29, 1.82) is 0 Å². The Kier molecular flexibility index (Phi) is 11.7. The van der Waals surface area contributed by atoms with Crippen LogP contribution in [0.4, 0.5) is 0 Å². The minimum Gasteiger partial charge on any atom is -0.497 e. The smallest absolute Gasteiger partial charge is 0.331 e. The maximum Gasteiger partial charge on any atom is 0.331 e. The first-order valence-electron chi connectivity index (χ1n) is 17.1. The molecule has 3 saturated heterocycles. The van der Waals surface area contributed by atoms with Gasteiger partial charge in [-0.1, -0.05) is 12.1 Å². The Balaban J connectivity index is 1.23. The van der Waals surface area contributed by atoms with E-state index in [9.17, 15) is 39.9 Å². The molecule has 0 bridgehead atoms. The lowest BCUT2D eigenvalue weighted by molar-refractivity contribution is -0.347. The van der Waals surface area contributed by atoms with Crippen molar-refractivity contribution in [3.8, 4) is 5.75 Å². The van der Waals surface area contributed by atoms with Crippen molar-refractivity contribution in [1.82, 2.24) is 0 Å². The molecule has 6 rings (SSSR count). The van der Waals surface area contributed by atoms with Gasteiger partial charge in [-0.15, -0.1) is 0 Å². The van der Waals surface area contributed by atoms with Gasteiger partial charge in [-0.25, -0.2) is 4.79 Å². The molecular weight excluding hydrogens is 708 g/mol. The van der Waals surface area contributed by atoms with Gasteiger partial charge in [0.05, 0.1) is 44.7 Å². The van der Waals surface area contributed by atoms with Gasteiger partial charge in [0.2, 0.25) is 6.29 Å². The molecule has 1 aromatic carbocycles. The fourth-order valence-corrected chi connectivity index (χ4v) is 7.41. The van der Waals surface area contributed by atoms with E-state index in [0.29, 0.717) is 11.3 Å². The van der Waals surface area contributed by atoms with Crippen molar-refractivity contribution in [2.75, 3.05) is 20.3 Å².